The van der Waals surface area contributed by atoms with Gasteiger partial charge in [0.05, 0.1) is 30.4 Å². The second-order valence-electron chi connectivity index (χ2n) is 9.97. The maximum atomic E-state index is 14.4. The van der Waals surface area contributed by atoms with E-state index in [-0.39, 0.29) is 5.92 Å². The van der Waals surface area contributed by atoms with E-state index < -0.39 is 17.4 Å². The van der Waals surface area contributed by atoms with Gasteiger partial charge in [-0.2, -0.15) is 5.10 Å². The van der Waals surface area contributed by atoms with Crippen LogP contribution in [0.3, 0.4) is 0 Å². The molecule has 5 nitrogen and oxygen atoms in total. The first-order valence-corrected chi connectivity index (χ1v) is 12.1. The zero-order valence-electron chi connectivity index (χ0n) is 19.8. The molecule has 2 fully saturated rings. The van der Waals surface area contributed by atoms with Crippen LogP contribution in [0.15, 0.2) is 36.5 Å². The minimum absolute atomic E-state index is 0.187. The topological polar surface area (TPSA) is 41.2 Å². The van der Waals surface area contributed by atoms with Gasteiger partial charge in [0.15, 0.2) is 17.4 Å². The molecule has 3 heterocycles. The van der Waals surface area contributed by atoms with Crippen LogP contribution in [0, 0.1) is 11.6 Å². The third-order valence-electron chi connectivity index (χ3n) is 7.59. The first kappa shape index (κ1) is 21.7. The van der Waals surface area contributed by atoms with E-state index in [0.717, 1.165) is 53.2 Å². The van der Waals surface area contributed by atoms with Crippen LogP contribution >= 0.6 is 0 Å². The number of ether oxygens (including phenoxy) is 2. The van der Waals surface area contributed by atoms with Crippen LogP contribution < -0.4 is 0 Å². The lowest BCUT2D eigenvalue weighted by molar-refractivity contribution is -0.178. The van der Waals surface area contributed by atoms with Crippen molar-refractivity contribution >= 4 is 21.8 Å². The Balaban J connectivity index is 1.59. The summed E-state index contributed by atoms with van der Waals surface area (Å²) in [5.41, 5.74) is 5.14. The zero-order valence-corrected chi connectivity index (χ0v) is 19.8. The molecule has 1 spiro atoms. The summed E-state index contributed by atoms with van der Waals surface area (Å²) in [6, 6.07) is 8.51. The third kappa shape index (κ3) is 3.28. The Labute approximate surface area is 197 Å². The predicted molar refractivity (Wildman–Crippen MR) is 127 cm³/mol. The van der Waals surface area contributed by atoms with Crippen molar-refractivity contribution in [1.29, 1.82) is 0 Å². The molecule has 0 bridgehead atoms. The first-order chi connectivity index (χ1) is 16.4. The summed E-state index contributed by atoms with van der Waals surface area (Å²) >= 11 is 0. The Morgan fingerprint density at radius 2 is 1.74 bits per heavy atom. The molecule has 2 aliphatic rings. The SMILES string of the molecule is CC(C)c1c(C2CCC3(CC2)OCCO3)c2cc3c(cnn3C)cc2n1-c1ccc(F)c(F)c1. The van der Waals surface area contributed by atoms with Crippen molar-refractivity contribution < 1.29 is 18.3 Å². The van der Waals surface area contributed by atoms with Gasteiger partial charge < -0.3 is 14.0 Å². The van der Waals surface area contributed by atoms with E-state index in [9.17, 15) is 8.78 Å². The fraction of sp³-hybridized carbons (Fsp3) is 0.444. The van der Waals surface area contributed by atoms with Crippen molar-refractivity contribution in [2.24, 2.45) is 7.05 Å². The summed E-state index contributed by atoms with van der Waals surface area (Å²) in [5.74, 6) is -1.59. The highest BCUT2D eigenvalue weighted by Crippen LogP contribution is 2.48. The lowest BCUT2D eigenvalue weighted by Crippen LogP contribution is -2.34. The van der Waals surface area contributed by atoms with E-state index in [4.69, 9.17) is 9.47 Å². The number of aromatic nitrogens is 3. The molecule has 1 aliphatic heterocycles. The highest BCUT2D eigenvalue weighted by Gasteiger charge is 2.42. The normalized spacial score (nSPS) is 18.8. The number of rotatable bonds is 3. The van der Waals surface area contributed by atoms with Gasteiger partial charge in [-0.3, -0.25) is 4.68 Å². The molecule has 4 aromatic rings. The Morgan fingerprint density at radius 3 is 2.41 bits per heavy atom. The molecule has 0 atom stereocenters. The molecule has 2 aromatic heterocycles. The molecule has 2 aromatic carbocycles. The smallest absolute Gasteiger partial charge is 0.168 e. The van der Waals surface area contributed by atoms with Gasteiger partial charge in [-0.25, -0.2) is 8.78 Å². The maximum Gasteiger partial charge on any atom is 0.168 e. The van der Waals surface area contributed by atoms with Gasteiger partial charge in [-0.1, -0.05) is 13.8 Å². The van der Waals surface area contributed by atoms with Crippen molar-refractivity contribution in [2.75, 3.05) is 13.2 Å². The van der Waals surface area contributed by atoms with E-state index in [1.165, 1.54) is 17.7 Å². The third-order valence-corrected chi connectivity index (χ3v) is 7.59. The van der Waals surface area contributed by atoms with Gasteiger partial charge in [0.25, 0.3) is 0 Å². The molecule has 0 N–H and O–H groups in total. The Hall–Kier alpha value is -2.77. The van der Waals surface area contributed by atoms with E-state index in [0.29, 0.717) is 24.8 Å². The van der Waals surface area contributed by atoms with Crippen LogP contribution in [0.25, 0.3) is 27.5 Å². The fourth-order valence-corrected chi connectivity index (χ4v) is 6.01. The van der Waals surface area contributed by atoms with Gasteiger partial charge in [0, 0.05) is 48.1 Å². The molecular formula is C27H29F2N3O2. The van der Waals surface area contributed by atoms with Crippen LogP contribution in [-0.2, 0) is 16.5 Å². The summed E-state index contributed by atoms with van der Waals surface area (Å²) in [5, 5.41) is 6.61. The number of benzene rings is 2. The standard InChI is InChI=1S/C27H29F2N3O2/c1-16(2)26-25(17-6-8-27(9-7-17)33-10-11-34-27)20-14-23-18(15-30-31(23)3)12-24(20)32(26)19-4-5-21(28)22(29)13-19/h4-5,12-17H,6-11H2,1-3H3. The predicted octanol–water partition coefficient (Wildman–Crippen LogP) is 6.32. The monoisotopic (exact) mass is 465 g/mol. The van der Waals surface area contributed by atoms with Crippen molar-refractivity contribution in [1.82, 2.24) is 14.3 Å². The number of fused-ring (bicyclic) bond motifs is 2. The number of hydrogen-bond donors (Lipinski definition) is 0. The lowest BCUT2D eigenvalue weighted by Gasteiger charge is -2.36. The molecule has 0 radical (unpaired) electrons. The summed E-state index contributed by atoms with van der Waals surface area (Å²) < 4.78 is 44.1. The van der Waals surface area contributed by atoms with Crippen LogP contribution in [0.5, 0.6) is 0 Å². The molecule has 1 saturated carbocycles. The molecule has 178 valence electrons. The largest absolute Gasteiger partial charge is 0.348 e. The summed E-state index contributed by atoms with van der Waals surface area (Å²) in [6.07, 6.45) is 5.49. The van der Waals surface area contributed by atoms with E-state index in [2.05, 4.69) is 35.6 Å². The minimum Gasteiger partial charge on any atom is -0.348 e. The van der Waals surface area contributed by atoms with Gasteiger partial charge in [0.2, 0.25) is 0 Å². The summed E-state index contributed by atoms with van der Waals surface area (Å²) in [7, 11) is 1.95. The van der Waals surface area contributed by atoms with Gasteiger partial charge in [-0.05, 0) is 54.5 Å². The molecule has 1 saturated heterocycles. The average molecular weight is 466 g/mol. The molecule has 0 amide bonds. The van der Waals surface area contributed by atoms with Gasteiger partial charge in [-0.15, -0.1) is 0 Å². The lowest BCUT2D eigenvalue weighted by atomic mass is 9.78. The van der Waals surface area contributed by atoms with Crippen LogP contribution in [-0.4, -0.2) is 33.3 Å². The number of nitrogens with zero attached hydrogens (tertiary/aromatic N) is 3. The average Bonchev–Trinajstić information content (AvgIpc) is 3.51. The van der Waals surface area contributed by atoms with Crippen LogP contribution in [0.2, 0.25) is 0 Å². The second-order valence-corrected chi connectivity index (χ2v) is 9.97. The van der Waals surface area contributed by atoms with E-state index >= 15 is 0 Å². The maximum absolute atomic E-state index is 14.4. The van der Waals surface area contributed by atoms with Crippen molar-refractivity contribution in [3.8, 4) is 5.69 Å². The first-order valence-electron chi connectivity index (χ1n) is 12.1. The van der Waals surface area contributed by atoms with Crippen LogP contribution in [0.4, 0.5) is 8.78 Å². The highest BCUT2D eigenvalue weighted by atomic mass is 19.2. The number of halogens is 2. The van der Waals surface area contributed by atoms with Crippen LogP contribution in [0.1, 0.15) is 62.6 Å². The van der Waals surface area contributed by atoms with Crippen molar-refractivity contribution in [3.05, 3.63) is 59.4 Å². The molecule has 0 unspecified atom stereocenters. The van der Waals surface area contributed by atoms with E-state index in [1.54, 1.807) is 6.07 Å². The fourth-order valence-electron chi connectivity index (χ4n) is 6.01. The van der Waals surface area contributed by atoms with Gasteiger partial charge in [0.1, 0.15) is 0 Å². The van der Waals surface area contributed by atoms with Crippen molar-refractivity contribution in [3.63, 3.8) is 0 Å². The molecular weight excluding hydrogens is 436 g/mol. The number of hydrogen-bond acceptors (Lipinski definition) is 3. The highest BCUT2D eigenvalue weighted by molar-refractivity contribution is 5.99. The van der Waals surface area contributed by atoms with E-state index in [1.807, 2.05) is 17.9 Å². The zero-order chi connectivity index (χ0) is 23.6. The van der Waals surface area contributed by atoms with Gasteiger partial charge >= 0.3 is 0 Å². The summed E-state index contributed by atoms with van der Waals surface area (Å²) in [4.78, 5) is 0. The van der Waals surface area contributed by atoms with Crippen molar-refractivity contribution in [2.45, 2.75) is 57.2 Å². The minimum atomic E-state index is -0.840. The Morgan fingerprint density at radius 1 is 1.00 bits per heavy atom. The number of aryl methyl sites for hydroxylation is 1. The molecule has 7 heteroatoms. The molecule has 6 rings (SSSR count). The molecule has 34 heavy (non-hydrogen) atoms. The Bertz CT molecular complexity index is 1390. The summed E-state index contributed by atoms with van der Waals surface area (Å²) in [6.45, 7) is 5.66. The second kappa shape index (κ2) is 7.89. The quantitative estimate of drug-likeness (QED) is 0.356. The molecule has 1 aliphatic carbocycles. The Kier molecular flexibility index (Phi) is 5.04.